The Morgan fingerprint density at radius 1 is 1.55 bits per heavy atom. The molecule has 6 nitrogen and oxygen atoms in total. The van der Waals surface area contributed by atoms with E-state index in [4.69, 9.17) is 4.74 Å². The fourth-order valence-corrected chi connectivity index (χ4v) is 2.75. The Morgan fingerprint density at radius 2 is 2.25 bits per heavy atom. The summed E-state index contributed by atoms with van der Waals surface area (Å²) in [5.74, 6) is 1.25. The first-order valence-corrected chi connectivity index (χ1v) is 7.16. The van der Waals surface area contributed by atoms with Crippen LogP contribution in [-0.4, -0.2) is 34.3 Å². The number of aliphatic hydroxyl groups is 1. The van der Waals surface area contributed by atoms with Gasteiger partial charge in [0.05, 0.1) is 19.0 Å². The number of rotatable bonds is 5. The second-order valence-corrected chi connectivity index (χ2v) is 5.54. The zero-order valence-corrected chi connectivity index (χ0v) is 12.1. The SMILES string of the molecule is CCC1CCC(O)(CNc2nc[nH]c(=O)c2OC)CC1. The number of anilines is 1. The molecule has 20 heavy (non-hydrogen) atoms. The maximum atomic E-state index is 11.6. The van der Waals surface area contributed by atoms with Gasteiger partial charge in [0.25, 0.3) is 5.56 Å². The highest BCUT2D eigenvalue weighted by Crippen LogP contribution is 2.34. The minimum absolute atomic E-state index is 0.151. The van der Waals surface area contributed by atoms with Gasteiger partial charge >= 0.3 is 0 Å². The van der Waals surface area contributed by atoms with Gasteiger partial charge < -0.3 is 20.1 Å². The van der Waals surface area contributed by atoms with Crippen molar-refractivity contribution in [2.45, 2.75) is 44.6 Å². The van der Waals surface area contributed by atoms with Crippen molar-refractivity contribution < 1.29 is 9.84 Å². The minimum Gasteiger partial charge on any atom is -0.489 e. The fraction of sp³-hybridized carbons (Fsp3) is 0.714. The van der Waals surface area contributed by atoms with Crippen molar-refractivity contribution >= 4 is 5.82 Å². The molecule has 1 saturated carbocycles. The number of methoxy groups -OCH3 is 1. The minimum atomic E-state index is -0.721. The molecule has 0 spiro atoms. The maximum Gasteiger partial charge on any atom is 0.295 e. The van der Waals surface area contributed by atoms with E-state index in [2.05, 4.69) is 22.2 Å². The second kappa shape index (κ2) is 6.26. The van der Waals surface area contributed by atoms with Gasteiger partial charge in [-0.05, 0) is 31.6 Å². The third kappa shape index (κ3) is 3.30. The Labute approximate surface area is 118 Å². The predicted molar refractivity (Wildman–Crippen MR) is 77.1 cm³/mol. The first-order chi connectivity index (χ1) is 9.58. The quantitative estimate of drug-likeness (QED) is 0.761. The molecule has 0 atom stereocenters. The first-order valence-electron chi connectivity index (χ1n) is 7.16. The van der Waals surface area contributed by atoms with Gasteiger partial charge in [-0.1, -0.05) is 13.3 Å². The smallest absolute Gasteiger partial charge is 0.295 e. The number of ether oxygens (including phenoxy) is 1. The molecule has 1 heterocycles. The summed E-state index contributed by atoms with van der Waals surface area (Å²) in [5.41, 5.74) is -1.05. The van der Waals surface area contributed by atoms with Gasteiger partial charge in [-0.3, -0.25) is 4.79 Å². The molecule has 0 bridgehead atoms. The van der Waals surface area contributed by atoms with Gasteiger partial charge in [0.2, 0.25) is 5.75 Å². The lowest BCUT2D eigenvalue weighted by molar-refractivity contribution is 0.00220. The van der Waals surface area contributed by atoms with Gasteiger partial charge in [-0.15, -0.1) is 0 Å². The van der Waals surface area contributed by atoms with Crippen LogP contribution < -0.4 is 15.6 Å². The summed E-state index contributed by atoms with van der Waals surface area (Å²) in [5, 5.41) is 13.6. The second-order valence-electron chi connectivity index (χ2n) is 5.54. The molecule has 1 fully saturated rings. The Bertz CT molecular complexity index is 493. The summed E-state index contributed by atoms with van der Waals surface area (Å²) in [6, 6.07) is 0. The van der Waals surface area contributed by atoms with Crippen molar-refractivity contribution in [3.8, 4) is 5.75 Å². The topological polar surface area (TPSA) is 87.2 Å². The van der Waals surface area contributed by atoms with Gasteiger partial charge in [-0.2, -0.15) is 0 Å². The van der Waals surface area contributed by atoms with E-state index < -0.39 is 5.60 Å². The monoisotopic (exact) mass is 281 g/mol. The van der Waals surface area contributed by atoms with E-state index in [9.17, 15) is 9.90 Å². The molecule has 1 aromatic heterocycles. The van der Waals surface area contributed by atoms with Crippen LogP contribution in [0, 0.1) is 5.92 Å². The van der Waals surface area contributed by atoms with Crippen LogP contribution in [0.5, 0.6) is 5.75 Å². The number of hydrogen-bond donors (Lipinski definition) is 3. The molecule has 6 heteroatoms. The zero-order chi connectivity index (χ0) is 14.6. The number of hydrogen-bond acceptors (Lipinski definition) is 5. The molecule has 0 amide bonds. The molecule has 0 aromatic carbocycles. The van der Waals surface area contributed by atoms with Crippen molar-refractivity contribution in [1.82, 2.24) is 9.97 Å². The van der Waals surface area contributed by atoms with Gasteiger partial charge in [0.15, 0.2) is 5.82 Å². The third-order valence-corrected chi connectivity index (χ3v) is 4.21. The highest BCUT2D eigenvalue weighted by atomic mass is 16.5. The van der Waals surface area contributed by atoms with Gasteiger partial charge in [0, 0.05) is 6.54 Å². The molecular weight excluding hydrogens is 258 g/mol. The first kappa shape index (κ1) is 14.8. The highest BCUT2D eigenvalue weighted by molar-refractivity contribution is 5.48. The van der Waals surface area contributed by atoms with Crippen molar-refractivity contribution in [3.05, 3.63) is 16.7 Å². The molecule has 0 saturated heterocycles. The molecule has 0 aliphatic heterocycles. The number of nitrogens with zero attached hydrogens (tertiary/aromatic N) is 1. The van der Waals surface area contributed by atoms with E-state index in [0.717, 1.165) is 31.6 Å². The van der Waals surface area contributed by atoms with Gasteiger partial charge in [0.1, 0.15) is 0 Å². The number of H-pyrrole nitrogens is 1. The standard InChI is InChI=1S/C14H23N3O3/c1-3-10-4-6-14(19,7-5-10)8-15-12-11(20-2)13(18)17-9-16-12/h9-10,19H,3-8H2,1-2H3,(H2,15,16,17,18). The molecule has 2 rings (SSSR count). The molecule has 1 aliphatic rings. The Kier molecular flexibility index (Phi) is 4.65. The summed E-state index contributed by atoms with van der Waals surface area (Å²) in [6.07, 6.45) is 6.16. The molecule has 0 radical (unpaired) electrons. The number of aromatic nitrogens is 2. The lowest BCUT2D eigenvalue weighted by Crippen LogP contribution is -2.40. The lowest BCUT2D eigenvalue weighted by Gasteiger charge is -2.36. The summed E-state index contributed by atoms with van der Waals surface area (Å²) in [6.45, 7) is 2.58. The molecule has 0 unspecified atom stereocenters. The van der Waals surface area contributed by atoms with Crippen LogP contribution in [0.4, 0.5) is 5.82 Å². The summed E-state index contributed by atoms with van der Waals surface area (Å²) >= 11 is 0. The fourth-order valence-electron chi connectivity index (χ4n) is 2.75. The molecule has 1 aliphatic carbocycles. The zero-order valence-electron chi connectivity index (χ0n) is 12.1. The predicted octanol–water partition coefficient (Wildman–Crippen LogP) is 1.52. The van der Waals surface area contributed by atoms with Crippen LogP contribution in [0.15, 0.2) is 11.1 Å². The van der Waals surface area contributed by atoms with E-state index in [-0.39, 0.29) is 11.3 Å². The Balaban J connectivity index is 1.99. The number of aromatic amines is 1. The lowest BCUT2D eigenvalue weighted by atomic mass is 9.78. The highest BCUT2D eigenvalue weighted by Gasteiger charge is 2.32. The summed E-state index contributed by atoms with van der Waals surface area (Å²) in [4.78, 5) is 18.1. The van der Waals surface area contributed by atoms with Crippen molar-refractivity contribution in [2.24, 2.45) is 5.92 Å². The van der Waals surface area contributed by atoms with Crippen LogP contribution in [0.2, 0.25) is 0 Å². The normalized spacial score (nSPS) is 26.2. The number of nitrogens with one attached hydrogen (secondary N) is 2. The van der Waals surface area contributed by atoms with E-state index in [1.165, 1.54) is 19.9 Å². The van der Waals surface area contributed by atoms with Crippen LogP contribution in [-0.2, 0) is 0 Å². The van der Waals surface area contributed by atoms with Crippen molar-refractivity contribution in [1.29, 1.82) is 0 Å². The maximum absolute atomic E-state index is 11.6. The van der Waals surface area contributed by atoms with Gasteiger partial charge in [-0.25, -0.2) is 4.98 Å². The van der Waals surface area contributed by atoms with E-state index in [0.29, 0.717) is 12.4 Å². The Hall–Kier alpha value is -1.56. The van der Waals surface area contributed by atoms with Crippen LogP contribution in [0.25, 0.3) is 0 Å². The molecule has 3 N–H and O–H groups in total. The van der Waals surface area contributed by atoms with Crippen LogP contribution >= 0.6 is 0 Å². The summed E-state index contributed by atoms with van der Waals surface area (Å²) < 4.78 is 5.03. The van der Waals surface area contributed by atoms with Crippen LogP contribution in [0.3, 0.4) is 0 Å². The van der Waals surface area contributed by atoms with E-state index in [1.54, 1.807) is 0 Å². The molecule has 112 valence electrons. The van der Waals surface area contributed by atoms with E-state index in [1.807, 2.05) is 0 Å². The van der Waals surface area contributed by atoms with Crippen LogP contribution in [0.1, 0.15) is 39.0 Å². The third-order valence-electron chi connectivity index (χ3n) is 4.21. The van der Waals surface area contributed by atoms with Crippen molar-refractivity contribution in [3.63, 3.8) is 0 Å². The van der Waals surface area contributed by atoms with E-state index >= 15 is 0 Å². The largest absolute Gasteiger partial charge is 0.489 e. The molecule has 1 aromatic rings. The van der Waals surface area contributed by atoms with Crippen molar-refractivity contribution in [2.75, 3.05) is 19.0 Å². The molecular formula is C14H23N3O3. The Morgan fingerprint density at radius 3 is 2.85 bits per heavy atom. The summed E-state index contributed by atoms with van der Waals surface area (Å²) in [7, 11) is 1.43. The average Bonchev–Trinajstić information content (AvgIpc) is 2.46. The average molecular weight is 281 g/mol.